The average molecular weight is 431 g/mol. The summed E-state index contributed by atoms with van der Waals surface area (Å²) in [5.41, 5.74) is 2.12. The summed E-state index contributed by atoms with van der Waals surface area (Å²) in [6, 6.07) is 9.46. The lowest BCUT2D eigenvalue weighted by molar-refractivity contribution is -0.135. The van der Waals surface area contributed by atoms with Crippen LogP contribution in [0, 0.1) is 11.8 Å². The Balaban J connectivity index is 1.82. The van der Waals surface area contributed by atoms with E-state index in [0.717, 1.165) is 42.3 Å². The number of hydrogen-bond acceptors (Lipinski definition) is 6. The summed E-state index contributed by atoms with van der Waals surface area (Å²) in [5, 5.41) is 0. The lowest BCUT2D eigenvalue weighted by atomic mass is 10.0. The molecule has 3 rings (SSSR count). The van der Waals surface area contributed by atoms with E-state index in [9.17, 15) is 4.79 Å². The molecule has 4 nitrogen and oxygen atoms in total. The van der Waals surface area contributed by atoms with Crippen LogP contribution in [-0.4, -0.2) is 24.1 Å². The smallest absolute Gasteiger partial charge is 0.313 e. The molecule has 1 aromatic heterocycles. The first-order valence-electron chi connectivity index (χ1n) is 9.98. The molecule has 0 aliphatic carbocycles. The van der Waals surface area contributed by atoms with Crippen molar-refractivity contribution in [1.82, 2.24) is 0 Å². The van der Waals surface area contributed by atoms with Crippen molar-refractivity contribution in [3.05, 3.63) is 47.2 Å². The summed E-state index contributed by atoms with van der Waals surface area (Å²) in [4.78, 5) is 11.6. The number of ether oxygens (including phenoxy) is 2. The molecular formula is C23H26O4S2. The van der Waals surface area contributed by atoms with Gasteiger partial charge in [0.05, 0.1) is 10.7 Å². The van der Waals surface area contributed by atoms with Crippen LogP contribution in [0.25, 0.3) is 0 Å². The SMILES string of the molecule is CCCC(=O)Oc1ccc(C#Cc2ccc3c(c2)C(SCC)(SCC)CCO3)o1. The number of thioether (sulfide) groups is 2. The molecule has 0 spiro atoms. The fourth-order valence-electron chi connectivity index (χ4n) is 3.21. The third kappa shape index (κ3) is 5.34. The van der Waals surface area contributed by atoms with Crippen molar-refractivity contribution >= 4 is 29.5 Å². The van der Waals surface area contributed by atoms with Crippen LogP contribution in [0.2, 0.25) is 0 Å². The Kier molecular flexibility index (Phi) is 7.63. The van der Waals surface area contributed by atoms with E-state index in [1.54, 1.807) is 12.1 Å². The maximum Gasteiger partial charge on any atom is 0.313 e. The minimum Gasteiger partial charge on any atom is -0.493 e. The van der Waals surface area contributed by atoms with Gasteiger partial charge in [-0.2, -0.15) is 0 Å². The normalized spacial score (nSPS) is 14.3. The van der Waals surface area contributed by atoms with E-state index in [-0.39, 0.29) is 16.0 Å². The van der Waals surface area contributed by atoms with Crippen LogP contribution in [-0.2, 0) is 8.87 Å². The summed E-state index contributed by atoms with van der Waals surface area (Å²) in [5.74, 6) is 9.59. The van der Waals surface area contributed by atoms with E-state index >= 15 is 0 Å². The number of esters is 1. The highest BCUT2D eigenvalue weighted by molar-refractivity contribution is 8.17. The van der Waals surface area contributed by atoms with E-state index in [4.69, 9.17) is 13.9 Å². The Morgan fingerprint density at radius 3 is 2.66 bits per heavy atom. The van der Waals surface area contributed by atoms with E-state index in [0.29, 0.717) is 12.2 Å². The zero-order valence-electron chi connectivity index (χ0n) is 17.1. The van der Waals surface area contributed by atoms with Crippen LogP contribution in [0.3, 0.4) is 0 Å². The Hall–Kier alpha value is -1.97. The molecule has 154 valence electrons. The Morgan fingerprint density at radius 2 is 1.93 bits per heavy atom. The van der Waals surface area contributed by atoms with Gasteiger partial charge in [-0.1, -0.05) is 26.7 Å². The van der Waals surface area contributed by atoms with Crippen molar-refractivity contribution < 1.29 is 18.7 Å². The highest BCUT2D eigenvalue weighted by Gasteiger charge is 2.38. The highest BCUT2D eigenvalue weighted by Crippen LogP contribution is 2.54. The number of fused-ring (bicyclic) bond motifs is 1. The maximum atomic E-state index is 11.6. The second kappa shape index (κ2) is 10.2. The van der Waals surface area contributed by atoms with Gasteiger partial charge in [-0.25, -0.2) is 0 Å². The van der Waals surface area contributed by atoms with E-state index in [2.05, 4.69) is 31.8 Å². The van der Waals surface area contributed by atoms with Gasteiger partial charge in [0.25, 0.3) is 5.95 Å². The minimum absolute atomic E-state index is 0.0140. The van der Waals surface area contributed by atoms with Gasteiger partial charge in [-0.15, -0.1) is 23.5 Å². The van der Waals surface area contributed by atoms with Crippen molar-refractivity contribution in [2.45, 2.75) is 44.1 Å². The van der Waals surface area contributed by atoms with Crippen LogP contribution in [0.15, 0.2) is 34.7 Å². The molecule has 1 aromatic carbocycles. The van der Waals surface area contributed by atoms with Crippen molar-refractivity contribution in [2.24, 2.45) is 0 Å². The van der Waals surface area contributed by atoms with Gasteiger partial charge in [0.15, 0.2) is 5.76 Å². The number of benzene rings is 1. The second-order valence-electron chi connectivity index (χ2n) is 6.52. The third-order valence-electron chi connectivity index (χ3n) is 4.41. The number of hydrogen-bond donors (Lipinski definition) is 0. The molecule has 1 aliphatic heterocycles. The van der Waals surface area contributed by atoms with Gasteiger partial charge >= 0.3 is 5.97 Å². The van der Waals surface area contributed by atoms with Crippen LogP contribution in [0.5, 0.6) is 11.7 Å². The average Bonchev–Trinajstić information content (AvgIpc) is 3.14. The Morgan fingerprint density at radius 1 is 1.14 bits per heavy atom. The molecule has 0 fully saturated rings. The van der Waals surface area contributed by atoms with Gasteiger partial charge in [0.2, 0.25) is 0 Å². The second-order valence-corrected chi connectivity index (χ2v) is 9.91. The van der Waals surface area contributed by atoms with Crippen LogP contribution >= 0.6 is 23.5 Å². The predicted molar refractivity (Wildman–Crippen MR) is 120 cm³/mol. The first-order chi connectivity index (χ1) is 14.1. The lowest BCUT2D eigenvalue weighted by Gasteiger charge is -2.37. The lowest BCUT2D eigenvalue weighted by Crippen LogP contribution is -2.27. The molecule has 0 atom stereocenters. The van der Waals surface area contributed by atoms with E-state index in [1.807, 2.05) is 42.6 Å². The largest absolute Gasteiger partial charge is 0.493 e. The van der Waals surface area contributed by atoms with Crippen molar-refractivity contribution in [3.8, 4) is 23.5 Å². The van der Waals surface area contributed by atoms with Crippen molar-refractivity contribution in [2.75, 3.05) is 18.1 Å². The van der Waals surface area contributed by atoms with E-state index < -0.39 is 0 Å². The molecular weight excluding hydrogens is 404 g/mol. The van der Waals surface area contributed by atoms with Gasteiger partial charge < -0.3 is 13.9 Å². The summed E-state index contributed by atoms with van der Waals surface area (Å²) >= 11 is 3.94. The molecule has 0 unspecified atom stereocenters. The number of carbonyl (C=O) groups excluding carboxylic acids is 1. The first kappa shape index (κ1) is 21.7. The maximum absolute atomic E-state index is 11.6. The minimum atomic E-state index is -0.297. The molecule has 0 bridgehead atoms. The summed E-state index contributed by atoms with van der Waals surface area (Å²) < 4.78 is 16.6. The van der Waals surface area contributed by atoms with Gasteiger partial charge in [0.1, 0.15) is 5.75 Å². The van der Waals surface area contributed by atoms with Gasteiger partial charge in [-0.3, -0.25) is 4.79 Å². The van der Waals surface area contributed by atoms with Crippen molar-refractivity contribution in [1.29, 1.82) is 0 Å². The molecule has 0 saturated carbocycles. The summed E-state index contributed by atoms with van der Waals surface area (Å²) in [6.45, 7) is 7.06. The molecule has 0 radical (unpaired) electrons. The third-order valence-corrected chi connectivity index (χ3v) is 7.48. The van der Waals surface area contributed by atoms with Gasteiger partial charge in [-0.05, 0) is 48.1 Å². The van der Waals surface area contributed by atoms with Crippen LogP contribution in [0.1, 0.15) is 56.9 Å². The first-order valence-corrected chi connectivity index (χ1v) is 11.9. The predicted octanol–water partition coefficient (Wildman–Crippen LogP) is 5.83. The topological polar surface area (TPSA) is 48.7 Å². The zero-order chi connectivity index (χ0) is 20.7. The highest BCUT2D eigenvalue weighted by atomic mass is 32.2. The standard InChI is InChI=1S/C23H26O4S2/c1-4-7-21(24)27-22-13-11-18(26-22)10-8-17-9-12-20-19(16-17)23(28-5-2,29-6-3)14-15-25-20/h9,11-13,16H,4-7,14-15H2,1-3H3. The molecule has 0 saturated heterocycles. The zero-order valence-corrected chi connectivity index (χ0v) is 18.7. The summed E-state index contributed by atoms with van der Waals surface area (Å²) in [7, 11) is 0. The number of rotatable bonds is 7. The quantitative estimate of drug-likeness (QED) is 0.313. The fraction of sp³-hybridized carbons (Fsp3) is 0.435. The van der Waals surface area contributed by atoms with Gasteiger partial charge in [0, 0.05) is 30.0 Å². The van der Waals surface area contributed by atoms with Crippen LogP contribution < -0.4 is 9.47 Å². The molecule has 2 aromatic rings. The number of furan rings is 1. The monoisotopic (exact) mass is 430 g/mol. The fourth-order valence-corrected chi connectivity index (χ4v) is 6.27. The summed E-state index contributed by atoms with van der Waals surface area (Å²) in [6.07, 6.45) is 2.09. The number of carbonyl (C=O) groups is 1. The van der Waals surface area contributed by atoms with Crippen molar-refractivity contribution in [3.63, 3.8) is 0 Å². The van der Waals surface area contributed by atoms with Crippen LogP contribution in [0.4, 0.5) is 0 Å². The Labute approximate surface area is 181 Å². The molecule has 1 aliphatic rings. The molecule has 29 heavy (non-hydrogen) atoms. The molecule has 0 amide bonds. The Bertz CT molecular complexity index is 901. The molecule has 0 N–H and O–H groups in total. The van der Waals surface area contributed by atoms with E-state index in [1.165, 1.54) is 5.56 Å². The molecule has 6 heteroatoms. The molecule has 2 heterocycles.